The number of piperazine rings is 1. The Morgan fingerprint density at radius 2 is 1.77 bits per heavy atom. The van der Waals surface area contributed by atoms with Gasteiger partial charge in [0.15, 0.2) is 0 Å². The molecule has 4 nitrogen and oxygen atoms in total. The molecule has 1 fully saturated rings. The summed E-state index contributed by atoms with van der Waals surface area (Å²) in [4.78, 5) is 16.6. The van der Waals surface area contributed by atoms with Gasteiger partial charge in [0.05, 0.1) is 0 Å². The van der Waals surface area contributed by atoms with Crippen molar-refractivity contribution in [3.63, 3.8) is 0 Å². The monoisotopic (exact) mass is 304 g/mol. The summed E-state index contributed by atoms with van der Waals surface area (Å²) >= 11 is 0. The molecule has 4 heteroatoms. The third kappa shape index (κ3) is 4.47. The fourth-order valence-corrected chi connectivity index (χ4v) is 2.65. The van der Waals surface area contributed by atoms with Crippen molar-refractivity contribution in [3.05, 3.63) is 29.8 Å². The van der Waals surface area contributed by atoms with Gasteiger partial charge < -0.3 is 9.64 Å². The minimum atomic E-state index is -0.282. The zero-order valence-electron chi connectivity index (χ0n) is 14.3. The lowest BCUT2D eigenvalue weighted by Gasteiger charge is -2.37. The zero-order valence-corrected chi connectivity index (χ0v) is 14.3. The molecule has 2 rings (SSSR count). The van der Waals surface area contributed by atoms with E-state index in [9.17, 15) is 4.79 Å². The summed E-state index contributed by atoms with van der Waals surface area (Å²) < 4.78 is 5.85. The van der Waals surface area contributed by atoms with Crippen molar-refractivity contribution in [2.24, 2.45) is 5.41 Å². The lowest BCUT2D eigenvalue weighted by molar-refractivity contribution is -0.141. The maximum atomic E-state index is 12.2. The topological polar surface area (TPSA) is 32.8 Å². The van der Waals surface area contributed by atoms with Gasteiger partial charge in [0, 0.05) is 38.1 Å². The number of rotatable bonds is 4. The molecule has 0 bridgehead atoms. The molecule has 22 heavy (non-hydrogen) atoms. The molecule has 1 aliphatic heterocycles. The van der Waals surface area contributed by atoms with Crippen molar-refractivity contribution in [3.8, 4) is 5.75 Å². The van der Waals surface area contributed by atoms with Gasteiger partial charge in [-0.25, -0.2) is 0 Å². The highest BCUT2D eigenvalue weighted by molar-refractivity contribution is 5.81. The molecular weight excluding hydrogens is 276 g/mol. The third-order valence-corrected chi connectivity index (χ3v) is 4.06. The SMILES string of the molecule is Cc1ccccc1OCCN1CCN(C(=O)C(C)(C)C)CC1. The molecule has 1 aromatic rings. The Hall–Kier alpha value is -1.55. The standard InChI is InChI=1S/C18H28N2O2/c1-15-7-5-6-8-16(15)22-14-13-19-9-11-20(12-10-19)17(21)18(2,3)4/h5-8H,9-14H2,1-4H3. The number of aryl methyl sites for hydroxylation is 1. The lowest BCUT2D eigenvalue weighted by Crippen LogP contribution is -2.52. The molecule has 0 saturated carbocycles. The van der Waals surface area contributed by atoms with E-state index >= 15 is 0 Å². The second kappa shape index (κ2) is 7.14. The normalized spacial score (nSPS) is 16.6. The number of ether oxygens (including phenoxy) is 1. The molecule has 1 aliphatic rings. The molecule has 122 valence electrons. The molecule has 1 aromatic carbocycles. The average molecular weight is 304 g/mol. The second-order valence-corrected chi connectivity index (χ2v) is 7.00. The first kappa shape index (κ1) is 16.8. The molecule has 0 aliphatic carbocycles. The molecule has 0 N–H and O–H groups in total. The van der Waals surface area contributed by atoms with E-state index in [0.717, 1.165) is 38.5 Å². The van der Waals surface area contributed by atoms with Gasteiger partial charge in [-0.15, -0.1) is 0 Å². The summed E-state index contributed by atoms with van der Waals surface area (Å²) in [6.07, 6.45) is 0. The highest BCUT2D eigenvalue weighted by Gasteiger charge is 2.29. The maximum absolute atomic E-state index is 12.2. The van der Waals surface area contributed by atoms with E-state index in [1.54, 1.807) is 0 Å². The van der Waals surface area contributed by atoms with Crippen LogP contribution in [0.2, 0.25) is 0 Å². The zero-order chi connectivity index (χ0) is 16.2. The molecule has 0 spiro atoms. The predicted molar refractivity (Wildman–Crippen MR) is 89.1 cm³/mol. The molecule has 1 heterocycles. The summed E-state index contributed by atoms with van der Waals surface area (Å²) in [6, 6.07) is 8.09. The number of amides is 1. The van der Waals surface area contributed by atoms with Crippen LogP contribution < -0.4 is 4.74 Å². The maximum Gasteiger partial charge on any atom is 0.228 e. The first-order chi connectivity index (χ1) is 10.4. The average Bonchev–Trinajstić information content (AvgIpc) is 2.48. The van der Waals surface area contributed by atoms with E-state index in [1.165, 1.54) is 5.56 Å². The Labute approximate surface area is 134 Å². The minimum Gasteiger partial charge on any atom is -0.492 e. The third-order valence-electron chi connectivity index (χ3n) is 4.06. The van der Waals surface area contributed by atoms with E-state index in [0.29, 0.717) is 6.61 Å². The van der Waals surface area contributed by atoms with Crippen LogP contribution in [0.4, 0.5) is 0 Å². The van der Waals surface area contributed by atoms with Gasteiger partial charge in [-0.3, -0.25) is 9.69 Å². The van der Waals surface area contributed by atoms with E-state index in [2.05, 4.69) is 17.9 Å². The second-order valence-electron chi connectivity index (χ2n) is 7.00. The Morgan fingerprint density at radius 1 is 1.14 bits per heavy atom. The van der Waals surface area contributed by atoms with Crippen LogP contribution in [0, 0.1) is 12.3 Å². The van der Waals surface area contributed by atoms with Crippen LogP contribution in [0.15, 0.2) is 24.3 Å². The van der Waals surface area contributed by atoms with E-state index < -0.39 is 0 Å². The van der Waals surface area contributed by atoms with Crippen molar-refractivity contribution < 1.29 is 9.53 Å². The summed E-state index contributed by atoms with van der Waals surface area (Å²) in [7, 11) is 0. The largest absolute Gasteiger partial charge is 0.492 e. The van der Waals surface area contributed by atoms with Crippen LogP contribution in [0.25, 0.3) is 0 Å². The Kier molecular flexibility index (Phi) is 5.46. The fourth-order valence-electron chi connectivity index (χ4n) is 2.65. The lowest BCUT2D eigenvalue weighted by atomic mass is 9.94. The quantitative estimate of drug-likeness (QED) is 0.857. The number of para-hydroxylation sites is 1. The Morgan fingerprint density at radius 3 is 2.36 bits per heavy atom. The van der Waals surface area contributed by atoms with Gasteiger partial charge in [0.1, 0.15) is 12.4 Å². The van der Waals surface area contributed by atoms with Crippen LogP contribution in [-0.4, -0.2) is 55.0 Å². The van der Waals surface area contributed by atoms with Gasteiger partial charge in [0.2, 0.25) is 5.91 Å². The van der Waals surface area contributed by atoms with Gasteiger partial charge in [0.25, 0.3) is 0 Å². The Bertz CT molecular complexity index is 500. The summed E-state index contributed by atoms with van der Waals surface area (Å²) in [5, 5.41) is 0. The van der Waals surface area contributed by atoms with Crippen molar-refractivity contribution in [2.45, 2.75) is 27.7 Å². The Balaban J connectivity index is 1.72. The molecule has 0 aromatic heterocycles. The summed E-state index contributed by atoms with van der Waals surface area (Å²) in [5.74, 6) is 1.22. The number of hydrogen-bond acceptors (Lipinski definition) is 3. The van der Waals surface area contributed by atoms with E-state index in [1.807, 2.05) is 43.9 Å². The summed E-state index contributed by atoms with van der Waals surface area (Å²) in [5.41, 5.74) is 0.888. The molecule has 1 amide bonds. The van der Waals surface area contributed by atoms with Crippen LogP contribution in [0.1, 0.15) is 26.3 Å². The van der Waals surface area contributed by atoms with Crippen LogP contribution >= 0.6 is 0 Å². The van der Waals surface area contributed by atoms with Crippen molar-refractivity contribution >= 4 is 5.91 Å². The highest BCUT2D eigenvalue weighted by Crippen LogP contribution is 2.19. The highest BCUT2D eigenvalue weighted by atomic mass is 16.5. The van der Waals surface area contributed by atoms with E-state index in [4.69, 9.17) is 4.74 Å². The smallest absolute Gasteiger partial charge is 0.228 e. The number of hydrogen-bond donors (Lipinski definition) is 0. The minimum absolute atomic E-state index is 0.253. The molecular formula is C18H28N2O2. The van der Waals surface area contributed by atoms with E-state index in [-0.39, 0.29) is 11.3 Å². The fraction of sp³-hybridized carbons (Fsp3) is 0.611. The van der Waals surface area contributed by atoms with Crippen molar-refractivity contribution in [1.29, 1.82) is 0 Å². The van der Waals surface area contributed by atoms with Crippen LogP contribution in [-0.2, 0) is 4.79 Å². The van der Waals surface area contributed by atoms with Crippen molar-refractivity contribution in [1.82, 2.24) is 9.80 Å². The summed E-state index contributed by atoms with van der Waals surface area (Å²) in [6.45, 7) is 13.1. The van der Waals surface area contributed by atoms with Gasteiger partial charge >= 0.3 is 0 Å². The van der Waals surface area contributed by atoms with Gasteiger partial charge in [-0.1, -0.05) is 39.0 Å². The van der Waals surface area contributed by atoms with Crippen molar-refractivity contribution in [2.75, 3.05) is 39.3 Å². The number of nitrogens with zero attached hydrogens (tertiary/aromatic N) is 2. The first-order valence-electron chi connectivity index (χ1n) is 8.08. The number of carbonyl (C=O) groups excluding carboxylic acids is 1. The number of carbonyl (C=O) groups is 1. The first-order valence-corrected chi connectivity index (χ1v) is 8.08. The molecule has 1 saturated heterocycles. The number of benzene rings is 1. The van der Waals surface area contributed by atoms with Crippen LogP contribution in [0.3, 0.4) is 0 Å². The van der Waals surface area contributed by atoms with Crippen LogP contribution in [0.5, 0.6) is 5.75 Å². The molecule has 0 atom stereocenters. The predicted octanol–water partition coefficient (Wildman–Crippen LogP) is 2.56. The van der Waals surface area contributed by atoms with Gasteiger partial charge in [-0.05, 0) is 18.6 Å². The molecule has 0 radical (unpaired) electrons. The van der Waals surface area contributed by atoms with Gasteiger partial charge in [-0.2, -0.15) is 0 Å². The molecule has 0 unspecified atom stereocenters.